The summed E-state index contributed by atoms with van der Waals surface area (Å²) in [7, 11) is 0. The van der Waals surface area contributed by atoms with Crippen LogP contribution in [0.25, 0.3) is 0 Å². The molecule has 3 heteroatoms. The van der Waals surface area contributed by atoms with Crippen molar-refractivity contribution in [3.05, 3.63) is 29.8 Å². The van der Waals surface area contributed by atoms with Gasteiger partial charge in [0.25, 0.3) is 0 Å². The number of hydrogen-bond acceptors (Lipinski definition) is 2. The minimum absolute atomic E-state index is 0.212. The van der Waals surface area contributed by atoms with Crippen molar-refractivity contribution in [3.8, 4) is 5.75 Å². The summed E-state index contributed by atoms with van der Waals surface area (Å²) in [6.45, 7) is 6.04. The van der Waals surface area contributed by atoms with E-state index in [0.717, 1.165) is 32.4 Å². The zero-order valence-electron chi connectivity index (χ0n) is 11.9. The lowest BCUT2D eigenvalue weighted by atomic mass is 10.0. The van der Waals surface area contributed by atoms with Crippen molar-refractivity contribution >= 4 is 6.09 Å². The van der Waals surface area contributed by atoms with Crippen LogP contribution in [0, 0.1) is 5.92 Å². The second kappa shape index (κ2) is 6.60. The molecule has 0 saturated carbocycles. The van der Waals surface area contributed by atoms with Crippen LogP contribution in [0.1, 0.15) is 38.7 Å². The van der Waals surface area contributed by atoms with E-state index in [9.17, 15) is 4.79 Å². The highest BCUT2D eigenvalue weighted by Crippen LogP contribution is 2.17. The Kier molecular flexibility index (Phi) is 4.83. The first-order valence-electron chi connectivity index (χ1n) is 7.21. The molecule has 1 aromatic rings. The maximum atomic E-state index is 11.9. The fourth-order valence-electron chi connectivity index (χ4n) is 2.41. The van der Waals surface area contributed by atoms with Gasteiger partial charge in [-0.15, -0.1) is 0 Å². The number of carbonyl (C=O) groups is 1. The van der Waals surface area contributed by atoms with Crippen molar-refractivity contribution in [2.45, 2.75) is 39.5 Å². The zero-order valence-corrected chi connectivity index (χ0v) is 11.9. The number of likely N-dealkylation sites (tertiary alicyclic amines) is 1. The Balaban J connectivity index is 1.89. The van der Waals surface area contributed by atoms with Gasteiger partial charge in [-0.05, 0) is 49.3 Å². The number of ether oxygens (including phenoxy) is 1. The maximum Gasteiger partial charge on any atom is 0.415 e. The van der Waals surface area contributed by atoms with Gasteiger partial charge in [0.1, 0.15) is 5.75 Å². The normalized spacial score (nSPS) is 15.6. The van der Waals surface area contributed by atoms with Crippen molar-refractivity contribution in [3.63, 3.8) is 0 Å². The number of benzene rings is 1. The van der Waals surface area contributed by atoms with Gasteiger partial charge >= 0.3 is 6.09 Å². The van der Waals surface area contributed by atoms with E-state index < -0.39 is 0 Å². The second-order valence-corrected chi connectivity index (χ2v) is 5.66. The quantitative estimate of drug-likeness (QED) is 0.826. The van der Waals surface area contributed by atoms with Gasteiger partial charge in [-0.2, -0.15) is 0 Å². The monoisotopic (exact) mass is 261 g/mol. The summed E-state index contributed by atoms with van der Waals surface area (Å²) < 4.78 is 5.40. The SMILES string of the molecule is CC(C)Cc1ccc(OC(=O)N2CCCCC2)cc1. The summed E-state index contributed by atoms with van der Waals surface area (Å²) in [5.74, 6) is 1.28. The van der Waals surface area contributed by atoms with Crippen LogP contribution in [0.3, 0.4) is 0 Å². The summed E-state index contributed by atoms with van der Waals surface area (Å²) in [5.41, 5.74) is 1.28. The minimum atomic E-state index is -0.212. The predicted molar refractivity (Wildman–Crippen MR) is 76.4 cm³/mol. The summed E-state index contributed by atoms with van der Waals surface area (Å²) in [4.78, 5) is 13.7. The first kappa shape index (κ1) is 13.9. The van der Waals surface area contributed by atoms with Gasteiger partial charge in [0.05, 0.1) is 0 Å². The summed E-state index contributed by atoms with van der Waals surface area (Å²) in [6, 6.07) is 7.86. The van der Waals surface area contributed by atoms with E-state index in [-0.39, 0.29) is 6.09 Å². The fraction of sp³-hybridized carbons (Fsp3) is 0.562. The largest absolute Gasteiger partial charge is 0.415 e. The molecule has 1 amide bonds. The smallest absolute Gasteiger partial charge is 0.410 e. The molecule has 1 aliphatic rings. The molecular weight excluding hydrogens is 238 g/mol. The Labute approximate surface area is 115 Å². The molecule has 1 saturated heterocycles. The highest BCUT2D eigenvalue weighted by Gasteiger charge is 2.18. The third-order valence-corrected chi connectivity index (χ3v) is 3.39. The van der Waals surface area contributed by atoms with Gasteiger partial charge in [-0.1, -0.05) is 26.0 Å². The average Bonchev–Trinajstić information content (AvgIpc) is 2.41. The predicted octanol–water partition coefficient (Wildman–Crippen LogP) is 3.87. The van der Waals surface area contributed by atoms with Gasteiger partial charge in [0, 0.05) is 13.1 Å². The molecule has 3 nitrogen and oxygen atoms in total. The number of piperidine rings is 1. The standard InChI is InChI=1S/C16H23NO2/c1-13(2)12-14-6-8-15(9-7-14)19-16(18)17-10-4-3-5-11-17/h6-9,13H,3-5,10-12H2,1-2H3. The summed E-state index contributed by atoms with van der Waals surface area (Å²) in [6.07, 6.45) is 4.23. The lowest BCUT2D eigenvalue weighted by Gasteiger charge is -2.25. The van der Waals surface area contributed by atoms with Crippen LogP contribution in [0.5, 0.6) is 5.75 Å². The summed E-state index contributed by atoms with van der Waals surface area (Å²) in [5, 5.41) is 0. The van der Waals surface area contributed by atoms with Crippen molar-refractivity contribution in [1.82, 2.24) is 4.90 Å². The Morgan fingerprint density at radius 2 is 1.79 bits per heavy atom. The molecule has 1 fully saturated rings. The van der Waals surface area contributed by atoms with Crippen molar-refractivity contribution < 1.29 is 9.53 Å². The molecule has 2 rings (SSSR count). The third kappa shape index (κ3) is 4.27. The number of rotatable bonds is 3. The Bertz CT molecular complexity index is 405. The lowest BCUT2D eigenvalue weighted by molar-refractivity contribution is 0.142. The lowest BCUT2D eigenvalue weighted by Crippen LogP contribution is -2.37. The molecule has 0 unspecified atom stereocenters. The topological polar surface area (TPSA) is 29.5 Å². The van der Waals surface area contributed by atoms with Crippen molar-refractivity contribution in [2.24, 2.45) is 5.92 Å². The molecule has 0 aromatic heterocycles. The second-order valence-electron chi connectivity index (χ2n) is 5.66. The van der Waals surface area contributed by atoms with Crippen LogP contribution in [0.4, 0.5) is 4.79 Å². The van der Waals surface area contributed by atoms with Gasteiger partial charge in [-0.25, -0.2) is 4.79 Å². The van der Waals surface area contributed by atoms with E-state index in [2.05, 4.69) is 13.8 Å². The Morgan fingerprint density at radius 3 is 2.37 bits per heavy atom. The van der Waals surface area contributed by atoms with E-state index in [1.54, 1.807) is 4.90 Å². The third-order valence-electron chi connectivity index (χ3n) is 3.39. The van der Waals surface area contributed by atoms with Crippen LogP contribution in [0.15, 0.2) is 24.3 Å². The van der Waals surface area contributed by atoms with Gasteiger partial charge in [0.15, 0.2) is 0 Å². The van der Waals surface area contributed by atoms with Crippen molar-refractivity contribution in [1.29, 1.82) is 0 Å². The number of amides is 1. The van der Waals surface area contributed by atoms with E-state index in [0.29, 0.717) is 11.7 Å². The molecule has 1 aromatic carbocycles. The fourth-order valence-corrected chi connectivity index (χ4v) is 2.41. The molecule has 104 valence electrons. The molecule has 0 bridgehead atoms. The highest BCUT2D eigenvalue weighted by atomic mass is 16.6. The summed E-state index contributed by atoms with van der Waals surface area (Å²) >= 11 is 0. The van der Waals surface area contributed by atoms with Crippen LogP contribution in [0.2, 0.25) is 0 Å². The molecule has 0 aliphatic carbocycles. The average molecular weight is 261 g/mol. The highest BCUT2D eigenvalue weighted by molar-refractivity contribution is 5.70. The Hall–Kier alpha value is -1.51. The van der Waals surface area contributed by atoms with Crippen LogP contribution in [-0.2, 0) is 6.42 Å². The van der Waals surface area contributed by atoms with Gasteiger partial charge < -0.3 is 9.64 Å². The molecule has 1 aliphatic heterocycles. The molecule has 1 heterocycles. The van der Waals surface area contributed by atoms with Crippen LogP contribution < -0.4 is 4.74 Å². The minimum Gasteiger partial charge on any atom is -0.410 e. The van der Waals surface area contributed by atoms with E-state index in [1.807, 2.05) is 24.3 Å². The number of hydrogen-bond donors (Lipinski definition) is 0. The molecule has 0 spiro atoms. The molecule has 0 N–H and O–H groups in total. The molecule has 0 radical (unpaired) electrons. The van der Waals surface area contributed by atoms with Gasteiger partial charge in [0.2, 0.25) is 0 Å². The van der Waals surface area contributed by atoms with E-state index in [1.165, 1.54) is 12.0 Å². The number of nitrogens with zero attached hydrogens (tertiary/aromatic N) is 1. The molecular formula is C16H23NO2. The first-order valence-corrected chi connectivity index (χ1v) is 7.21. The zero-order chi connectivity index (χ0) is 13.7. The molecule has 19 heavy (non-hydrogen) atoms. The number of carbonyl (C=O) groups excluding carboxylic acids is 1. The van der Waals surface area contributed by atoms with E-state index in [4.69, 9.17) is 4.74 Å². The first-order chi connectivity index (χ1) is 9.15. The molecule has 0 atom stereocenters. The maximum absolute atomic E-state index is 11.9. The Morgan fingerprint density at radius 1 is 1.16 bits per heavy atom. The van der Waals surface area contributed by atoms with Crippen LogP contribution >= 0.6 is 0 Å². The van der Waals surface area contributed by atoms with Crippen LogP contribution in [-0.4, -0.2) is 24.1 Å². The van der Waals surface area contributed by atoms with Gasteiger partial charge in [-0.3, -0.25) is 0 Å². The van der Waals surface area contributed by atoms with E-state index >= 15 is 0 Å². The van der Waals surface area contributed by atoms with Crippen molar-refractivity contribution in [2.75, 3.05) is 13.1 Å².